The lowest BCUT2D eigenvalue weighted by atomic mass is 10.1. The predicted molar refractivity (Wildman–Crippen MR) is 57.5 cm³/mol. The van der Waals surface area contributed by atoms with Gasteiger partial charge in [0.1, 0.15) is 11.5 Å². The summed E-state index contributed by atoms with van der Waals surface area (Å²) in [7, 11) is 1.14. The van der Waals surface area contributed by atoms with E-state index in [0.29, 0.717) is 0 Å². The minimum atomic E-state index is -2.82. The van der Waals surface area contributed by atoms with Crippen molar-refractivity contribution in [2.24, 2.45) is 0 Å². The standard InChI is InChI=1S/C10H9BrF3NO2/c1-17-8(16)3-5-2-6(10(13)14)15-7(4-11)9(5)12/h2,10H,3-4H2,1H3. The van der Waals surface area contributed by atoms with Crippen molar-refractivity contribution < 1.29 is 22.7 Å². The maximum atomic E-state index is 13.7. The van der Waals surface area contributed by atoms with Gasteiger partial charge in [0.15, 0.2) is 0 Å². The molecule has 0 unspecified atom stereocenters. The van der Waals surface area contributed by atoms with Gasteiger partial charge in [0.25, 0.3) is 6.43 Å². The van der Waals surface area contributed by atoms with Crippen LogP contribution in [0, 0.1) is 5.82 Å². The SMILES string of the molecule is COC(=O)Cc1cc(C(F)F)nc(CBr)c1F. The maximum absolute atomic E-state index is 13.7. The number of alkyl halides is 3. The van der Waals surface area contributed by atoms with Crippen molar-refractivity contribution in [3.8, 4) is 0 Å². The fourth-order valence-electron chi connectivity index (χ4n) is 1.22. The number of aromatic nitrogens is 1. The number of carbonyl (C=O) groups is 1. The topological polar surface area (TPSA) is 39.2 Å². The second-order valence-electron chi connectivity index (χ2n) is 3.15. The molecule has 17 heavy (non-hydrogen) atoms. The van der Waals surface area contributed by atoms with Crippen LogP contribution in [0.25, 0.3) is 0 Å². The molecule has 0 spiro atoms. The van der Waals surface area contributed by atoms with E-state index in [1.165, 1.54) is 0 Å². The molecule has 0 bridgehead atoms. The molecule has 1 aromatic heterocycles. The largest absolute Gasteiger partial charge is 0.469 e. The molecular weight excluding hydrogens is 303 g/mol. The molecule has 0 amide bonds. The van der Waals surface area contributed by atoms with Gasteiger partial charge in [0.2, 0.25) is 0 Å². The molecule has 94 valence electrons. The first-order chi connectivity index (χ1) is 7.99. The van der Waals surface area contributed by atoms with E-state index in [1.807, 2.05) is 0 Å². The lowest BCUT2D eigenvalue weighted by Crippen LogP contribution is -2.10. The van der Waals surface area contributed by atoms with Crippen LogP contribution in [-0.2, 0) is 21.3 Å². The lowest BCUT2D eigenvalue weighted by molar-refractivity contribution is -0.139. The van der Waals surface area contributed by atoms with E-state index < -0.39 is 30.3 Å². The molecule has 1 heterocycles. The Bertz CT molecular complexity index is 426. The van der Waals surface area contributed by atoms with Crippen LogP contribution in [0.3, 0.4) is 0 Å². The molecule has 0 radical (unpaired) electrons. The van der Waals surface area contributed by atoms with Crippen LogP contribution in [0.15, 0.2) is 6.07 Å². The van der Waals surface area contributed by atoms with Crippen LogP contribution in [-0.4, -0.2) is 18.1 Å². The summed E-state index contributed by atoms with van der Waals surface area (Å²) in [6.07, 6.45) is -3.21. The molecule has 0 aliphatic rings. The monoisotopic (exact) mass is 311 g/mol. The second-order valence-corrected chi connectivity index (χ2v) is 3.71. The third-order valence-corrected chi connectivity index (χ3v) is 2.57. The van der Waals surface area contributed by atoms with Crippen LogP contribution < -0.4 is 0 Å². The second kappa shape index (κ2) is 6.00. The van der Waals surface area contributed by atoms with Gasteiger partial charge in [-0.05, 0) is 6.07 Å². The quantitative estimate of drug-likeness (QED) is 0.634. The number of carbonyl (C=O) groups excluding carboxylic acids is 1. The van der Waals surface area contributed by atoms with Crippen molar-refractivity contribution >= 4 is 21.9 Å². The van der Waals surface area contributed by atoms with E-state index in [1.54, 1.807) is 0 Å². The van der Waals surface area contributed by atoms with Crippen LogP contribution in [0.2, 0.25) is 0 Å². The van der Waals surface area contributed by atoms with Crippen molar-refractivity contribution in [2.75, 3.05) is 7.11 Å². The van der Waals surface area contributed by atoms with Crippen molar-refractivity contribution in [3.63, 3.8) is 0 Å². The Morgan fingerprint density at radius 2 is 2.24 bits per heavy atom. The lowest BCUT2D eigenvalue weighted by Gasteiger charge is -2.08. The average Bonchev–Trinajstić information content (AvgIpc) is 2.31. The number of pyridine rings is 1. The molecule has 1 aromatic rings. The number of nitrogens with zero attached hydrogens (tertiary/aromatic N) is 1. The number of ether oxygens (including phenoxy) is 1. The third-order valence-electron chi connectivity index (χ3n) is 2.03. The van der Waals surface area contributed by atoms with Gasteiger partial charge in [-0.25, -0.2) is 18.2 Å². The number of hydrogen-bond acceptors (Lipinski definition) is 3. The normalized spacial score (nSPS) is 10.7. The molecule has 0 saturated carbocycles. The molecule has 0 aliphatic carbocycles. The predicted octanol–water partition coefficient (Wildman–Crippen LogP) is 2.77. The number of esters is 1. The first-order valence-electron chi connectivity index (χ1n) is 4.58. The Kier molecular flexibility index (Phi) is 4.92. The Balaban J connectivity index is 3.17. The molecule has 0 aromatic carbocycles. The van der Waals surface area contributed by atoms with Crippen LogP contribution in [0.1, 0.15) is 23.4 Å². The van der Waals surface area contributed by atoms with Crippen LogP contribution in [0.4, 0.5) is 13.2 Å². The van der Waals surface area contributed by atoms with Gasteiger partial charge in [-0.2, -0.15) is 0 Å². The van der Waals surface area contributed by atoms with Gasteiger partial charge >= 0.3 is 5.97 Å². The number of rotatable bonds is 4. The summed E-state index contributed by atoms with van der Waals surface area (Å²) in [6.45, 7) is 0. The van der Waals surface area contributed by atoms with E-state index in [2.05, 4.69) is 25.7 Å². The highest BCUT2D eigenvalue weighted by Gasteiger charge is 2.18. The molecule has 0 aliphatic heterocycles. The van der Waals surface area contributed by atoms with Gasteiger partial charge in [-0.15, -0.1) is 0 Å². The summed E-state index contributed by atoms with van der Waals surface area (Å²) in [5.41, 5.74) is -0.849. The Labute approximate surface area is 104 Å². The smallest absolute Gasteiger partial charge is 0.310 e. The number of halogens is 4. The highest BCUT2D eigenvalue weighted by molar-refractivity contribution is 9.08. The summed E-state index contributed by atoms with van der Waals surface area (Å²) < 4.78 is 43.0. The van der Waals surface area contributed by atoms with E-state index in [-0.39, 0.29) is 16.6 Å². The zero-order valence-corrected chi connectivity index (χ0v) is 10.4. The number of methoxy groups -OCH3 is 1. The van der Waals surface area contributed by atoms with Gasteiger partial charge in [-0.1, -0.05) is 15.9 Å². The van der Waals surface area contributed by atoms with Gasteiger partial charge < -0.3 is 4.74 Å². The van der Waals surface area contributed by atoms with Crippen LogP contribution >= 0.6 is 15.9 Å². The van der Waals surface area contributed by atoms with Crippen molar-refractivity contribution in [1.82, 2.24) is 4.98 Å². The van der Waals surface area contributed by atoms with E-state index in [9.17, 15) is 18.0 Å². The maximum Gasteiger partial charge on any atom is 0.310 e. The Hall–Kier alpha value is -1.11. The fraction of sp³-hybridized carbons (Fsp3) is 0.400. The first-order valence-corrected chi connectivity index (χ1v) is 5.70. The van der Waals surface area contributed by atoms with Crippen LogP contribution in [0.5, 0.6) is 0 Å². The zero-order chi connectivity index (χ0) is 13.0. The van der Waals surface area contributed by atoms with Gasteiger partial charge in [-0.3, -0.25) is 4.79 Å². The molecule has 0 N–H and O–H groups in total. The minimum absolute atomic E-state index is 0.00638. The first kappa shape index (κ1) is 14.0. The zero-order valence-electron chi connectivity index (χ0n) is 8.84. The fourth-order valence-corrected chi connectivity index (χ4v) is 1.59. The Morgan fingerprint density at radius 3 is 2.71 bits per heavy atom. The van der Waals surface area contributed by atoms with E-state index >= 15 is 0 Å². The molecular formula is C10H9BrF3NO2. The van der Waals surface area contributed by atoms with Gasteiger partial charge in [0, 0.05) is 10.9 Å². The minimum Gasteiger partial charge on any atom is -0.469 e. The molecule has 7 heteroatoms. The van der Waals surface area contributed by atoms with Crippen molar-refractivity contribution in [3.05, 3.63) is 28.8 Å². The molecule has 0 atom stereocenters. The molecule has 1 rings (SSSR count). The number of hydrogen-bond donors (Lipinski definition) is 0. The highest BCUT2D eigenvalue weighted by Crippen LogP contribution is 2.23. The molecule has 0 fully saturated rings. The van der Waals surface area contributed by atoms with Crippen molar-refractivity contribution in [1.29, 1.82) is 0 Å². The highest BCUT2D eigenvalue weighted by atomic mass is 79.9. The van der Waals surface area contributed by atoms with Gasteiger partial charge in [0.05, 0.1) is 19.2 Å². The van der Waals surface area contributed by atoms with E-state index in [4.69, 9.17) is 0 Å². The molecule has 0 saturated heterocycles. The molecule has 3 nitrogen and oxygen atoms in total. The summed E-state index contributed by atoms with van der Waals surface area (Å²) in [4.78, 5) is 14.5. The summed E-state index contributed by atoms with van der Waals surface area (Å²) in [6, 6.07) is 0.878. The van der Waals surface area contributed by atoms with Crippen molar-refractivity contribution in [2.45, 2.75) is 18.2 Å². The Morgan fingerprint density at radius 1 is 1.59 bits per heavy atom. The summed E-state index contributed by atoms with van der Waals surface area (Å²) in [5.74, 6) is -1.47. The third kappa shape index (κ3) is 3.42. The van der Waals surface area contributed by atoms with E-state index in [0.717, 1.165) is 13.2 Å². The summed E-state index contributed by atoms with van der Waals surface area (Å²) >= 11 is 2.95. The average molecular weight is 312 g/mol. The summed E-state index contributed by atoms with van der Waals surface area (Å²) in [5, 5.41) is -0.00638.